The molecule has 0 fully saturated rings. The molecule has 0 aromatic heterocycles. The number of rotatable bonds is 0. The molecule has 0 amide bonds. The van der Waals surface area contributed by atoms with Crippen molar-refractivity contribution >= 4 is 56.7 Å². The fraction of sp³-hybridized carbons (Fsp3) is 0. The molecule has 0 aromatic rings. The maximum atomic E-state index is 8.85. The van der Waals surface area contributed by atoms with Gasteiger partial charge in [0.1, 0.15) is 0 Å². The van der Waals surface area contributed by atoms with Gasteiger partial charge in [-0.25, -0.2) is 0 Å². The molecule has 2 radical (unpaired) electrons. The van der Waals surface area contributed by atoms with Gasteiger partial charge in [-0.1, -0.05) is 0 Å². The number of hydrogen-bond acceptors (Lipinski definition) is 2. The Kier molecular flexibility index (Phi) is 6.24. The van der Waals surface area contributed by atoms with Gasteiger partial charge in [-0.05, 0) is 0 Å². The smallest absolute Gasteiger partial charge is 0 e. The Bertz CT molecular complexity index is 90.7. The third kappa shape index (κ3) is 47.2. The topological polar surface area (TPSA) is 74.6 Å². The van der Waals surface area contributed by atoms with E-state index in [4.69, 9.17) is 13.2 Å². The first-order chi connectivity index (χ1) is 2.00. The standard InChI is InChI=1S/Ca.H2O4Te/c;1-5(2,3)4/h;(H2,1,2,3,4). The van der Waals surface area contributed by atoms with Gasteiger partial charge in [-0.3, -0.25) is 0 Å². The molecule has 2 N–H and O–H groups in total. The second-order valence-electron chi connectivity index (χ2n) is 0.448. The van der Waals surface area contributed by atoms with E-state index in [0.29, 0.717) is 0 Å². The molecule has 4 nitrogen and oxygen atoms in total. The van der Waals surface area contributed by atoms with Crippen LogP contribution in [0.5, 0.6) is 0 Å². The van der Waals surface area contributed by atoms with Gasteiger partial charge in [-0.15, -0.1) is 0 Å². The van der Waals surface area contributed by atoms with E-state index in [1.807, 2.05) is 0 Å². The molecule has 0 atom stereocenters. The van der Waals surface area contributed by atoms with Crippen LogP contribution in [0.25, 0.3) is 0 Å². The largest absolute Gasteiger partial charge is 0 e. The third-order valence-electron chi connectivity index (χ3n) is 0. The van der Waals surface area contributed by atoms with Crippen molar-refractivity contribution in [3.05, 3.63) is 0 Å². The Balaban J connectivity index is 0. The van der Waals surface area contributed by atoms with Crippen molar-refractivity contribution in [2.24, 2.45) is 0 Å². The van der Waals surface area contributed by atoms with Gasteiger partial charge >= 0.3 is 32.1 Å². The summed E-state index contributed by atoms with van der Waals surface area (Å²) in [7, 11) is 0. The first kappa shape index (κ1) is 10.5. The van der Waals surface area contributed by atoms with E-state index in [0.717, 1.165) is 0 Å². The molecule has 0 spiro atoms. The predicted molar refractivity (Wildman–Crippen MR) is 17.3 cm³/mol. The molecular weight excluding hydrogens is 232 g/mol. The van der Waals surface area contributed by atoms with Crippen molar-refractivity contribution in [3.8, 4) is 0 Å². The molecule has 34 valence electrons. The summed E-state index contributed by atoms with van der Waals surface area (Å²) in [4.78, 5) is 0. The summed E-state index contributed by atoms with van der Waals surface area (Å²) < 4.78 is 32.0. The first-order valence-corrected chi connectivity index (χ1v) is 4.69. The van der Waals surface area contributed by atoms with E-state index in [-0.39, 0.29) is 37.7 Å². The normalized spacial score (nSPS) is 9.67. The average molecular weight is 234 g/mol. The zero-order chi connectivity index (χ0) is 4.50. The molecule has 0 heterocycles. The first-order valence-electron chi connectivity index (χ1n) is 0.698. The molecule has 0 aromatic carbocycles. The van der Waals surface area contributed by atoms with Crippen LogP contribution in [0.3, 0.4) is 0 Å². The van der Waals surface area contributed by atoms with Gasteiger partial charge in [-0.2, -0.15) is 0 Å². The molecule has 0 saturated heterocycles. The zero-order valence-electron chi connectivity index (χ0n) is 2.83. The van der Waals surface area contributed by atoms with E-state index >= 15 is 0 Å². The van der Waals surface area contributed by atoms with Crippen LogP contribution in [0.2, 0.25) is 0 Å². The van der Waals surface area contributed by atoms with E-state index in [1.165, 1.54) is 0 Å². The summed E-state index contributed by atoms with van der Waals surface area (Å²) in [5.41, 5.74) is 0. The summed E-state index contributed by atoms with van der Waals surface area (Å²) in [6.07, 6.45) is 0. The summed E-state index contributed by atoms with van der Waals surface area (Å²) in [5.74, 6) is 0. The Morgan fingerprint density at radius 1 is 1.17 bits per heavy atom. The molecule has 0 aliphatic rings. The maximum Gasteiger partial charge on any atom is 0 e. The van der Waals surface area contributed by atoms with Crippen LogP contribution in [0.15, 0.2) is 0 Å². The Hall–Kier alpha value is 1.57. The fourth-order valence-electron chi connectivity index (χ4n) is 0. The van der Waals surface area contributed by atoms with Gasteiger partial charge in [0.15, 0.2) is 0 Å². The van der Waals surface area contributed by atoms with Crippen molar-refractivity contribution < 1.29 is 13.2 Å². The number of hydrogen-bond donors (Lipinski definition) is 2. The quantitative estimate of drug-likeness (QED) is 0.470. The van der Waals surface area contributed by atoms with Crippen LogP contribution >= 0.6 is 0 Å². The van der Waals surface area contributed by atoms with Crippen LogP contribution < -0.4 is 0 Å². The van der Waals surface area contributed by atoms with E-state index in [9.17, 15) is 0 Å². The molecule has 0 aliphatic heterocycles. The van der Waals surface area contributed by atoms with Crippen molar-refractivity contribution in [3.63, 3.8) is 0 Å². The summed E-state index contributed by atoms with van der Waals surface area (Å²) in [6.45, 7) is 0. The molecule has 0 aliphatic carbocycles. The van der Waals surface area contributed by atoms with Crippen molar-refractivity contribution in [2.75, 3.05) is 0 Å². The van der Waals surface area contributed by atoms with E-state index in [2.05, 4.69) is 0 Å². The summed E-state index contributed by atoms with van der Waals surface area (Å²) in [6, 6.07) is 0. The Morgan fingerprint density at radius 2 is 1.17 bits per heavy atom. The Morgan fingerprint density at radius 3 is 1.17 bits per heavy atom. The summed E-state index contributed by atoms with van der Waals surface area (Å²) in [5, 5.41) is 0. The third-order valence-corrected chi connectivity index (χ3v) is 0. The van der Waals surface area contributed by atoms with Crippen molar-refractivity contribution in [2.45, 2.75) is 0 Å². The van der Waals surface area contributed by atoms with E-state index in [1.54, 1.807) is 0 Å². The van der Waals surface area contributed by atoms with Gasteiger partial charge < -0.3 is 0 Å². The average Bonchev–Trinajstić information content (AvgIpc) is 0.722. The van der Waals surface area contributed by atoms with Gasteiger partial charge in [0, 0.05) is 37.7 Å². The molecule has 0 bridgehead atoms. The zero-order valence-corrected chi connectivity index (χ0v) is 7.37. The van der Waals surface area contributed by atoms with Gasteiger partial charge in [0.25, 0.3) is 0 Å². The molecule has 6 heavy (non-hydrogen) atoms. The SMILES string of the molecule is O=[Te](=O)(O)O.[Ca]. The van der Waals surface area contributed by atoms with Crippen molar-refractivity contribution in [1.82, 2.24) is 0 Å². The maximum absolute atomic E-state index is 8.85. The van der Waals surface area contributed by atoms with E-state index < -0.39 is 19.0 Å². The van der Waals surface area contributed by atoms with Gasteiger partial charge in [0.05, 0.1) is 0 Å². The summed E-state index contributed by atoms with van der Waals surface area (Å²) >= 11 is -5.52. The van der Waals surface area contributed by atoms with Crippen LogP contribution in [-0.2, 0) is 6.21 Å². The van der Waals surface area contributed by atoms with Crippen LogP contribution in [0.1, 0.15) is 0 Å². The van der Waals surface area contributed by atoms with Gasteiger partial charge in [0.2, 0.25) is 0 Å². The van der Waals surface area contributed by atoms with Crippen LogP contribution in [0, 0.1) is 0 Å². The molecular formula is H2CaO4Te. The molecule has 0 saturated carbocycles. The minimum Gasteiger partial charge on any atom is 0 e. The second kappa shape index (κ2) is 3.56. The minimum absolute atomic E-state index is 0. The molecule has 0 unspecified atom stereocenters. The molecule has 0 rings (SSSR count). The monoisotopic (exact) mass is 236 g/mol. The van der Waals surface area contributed by atoms with Crippen LogP contribution in [0.4, 0.5) is 0 Å². The van der Waals surface area contributed by atoms with Crippen LogP contribution in [-0.4, -0.2) is 63.7 Å². The minimum atomic E-state index is -5.52. The molecule has 6 heteroatoms. The second-order valence-corrected chi connectivity index (χ2v) is 3.00. The van der Waals surface area contributed by atoms with Crippen molar-refractivity contribution in [1.29, 1.82) is 0 Å². The fourth-order valence-corrected chi connectivity index (χ4v) is 0. The Labute approximate surface area is 68.8 Å². The predicted octanol–water partition coefficient (Wildman–Crippen LogP) is -2.11.